The summed E-state index contributed by atoms with van der Waals surface area (Å²) in [6.07, 6.45) is 7.40. The van der Waals surface area contributed by atoms with Gasteiger partial charge in [0.25, 0.3) is 0 Å². The Kier molecular flexibility index (Phi) is 4.90. The molecular weight excluding hydrogens is 290 g/mol. The van der Waals surface area contributed by atoms with E-state index in [1.807, 2.05) is 37.2 Å². The number of ether oxygens (including phenoxy) is 1. The lowest BCUT2D eigenvalue weighted by Gasteiger charge is -2.32. The van der Waals surface area contributed by atoms with Gasteiger partial charge in [-0.05, 0) is 30.9 Å². The lowest BCUT2D eigenvalue weighted by Crippen LogP contribution is -2.36. The first-order valence-electron chi connectivity index (χ1n) is 7.99. The summed E-state index contributed by atoms with van der Waals surface area (Å²) in [7, 11) is 3.99. The first-order chi connectivity index (χ1) is 11.2. The second-order valence-electron chi connectivity index (χ2n) is 6.05. The van der Waals surface area contributed by atoms with Crippen molar-refractivity contribution in [2.45, 2.75) is 12.8 Å². The van der Waals surface area contributed by atoms with Gasteiger partial charge in [-0.1, -0.05) is 0 Å². The zero-order valence-corrected chi connectivity index (χ0v) is 13.7. The molecule has 2 aromatic heterocycles. The third kappa shape index (κ3) is 4.09. The molecule has 0 atom stereocenters. The number of piperidine rings is 1. The largest absolute Gasteiger partial charge is 0.493 e. The van der Waals surface area contributed by atoms with Crippen LogP contribution in [0, 0.1) is 5.92 Å². The maximum atomic E-state index is 5.85. The average Bonchev–Trinajstić information content (AvgIpc) is 2.61. The van der Waals surface area contributed by atoms with Crippen molar-refractivity contribution in [3.8, 4) is 5.75 Å². The molecule has 2 aromatic rings. The topological polar surface area (TPSA) is 54.4 Å². The van der Waals surface area contributed by atoms with Gasteiger partial charge in [0.1, 0.15) is 23.7 Å². The Bertz CT molecular complexity index is 611. The van der Waals surface area contributed by atoms with Crippen LogP contribution >= 0.6 is 0 Å². The number of anilines is 2. The van der Waals surface area contributed by atoms with Crippen LogP contribution in [0.3, 0.4) is 0 Å². The van der Waals surface area contributed by atoms with Gasteiger partial charge in [-0.2, -0.15) is 0 Å². The van der Waals surface area contributed by atoms with E-state index in [-0.39, 0.29) is 0 Å². The molecule has 0 aromatic carbocycles. The quantitative estimate of drug-likeness (QED) is 0.844. The summed E-state index contributed by atoms with van der Waals surface area (Å²) in [6, 6.07) is 5.85. The number of nitrogens with zero attached hydrogens (tertiary/aromatic N) is 5. The Morgan fingerprint density at radius 3 is 2.61 bits per heavy atom. The van der Waals surface area contributed by atoms with Gasteiger partial charge in [-0.25, -0.2) is 9.97 Å². The fourth-order valence-electron chi connectivity index (χ4n) is 2.73. The van der Waals surface area contributed by atoms with Gasteiger partial charge in [-0.3, -0.25) is 4.98 Å². The SMILES string of the molecule is CN(C)c1cc(N2CCC(COc3ccncc3)CC2)ncn1. The molecule has 0 spiro atoms. The van der Waals surface area contributed by atoms with Crippen molar-refractivity contribution in [1.82, 2.24) is 15.0 Å². The third-order valence-electron chi connectivity index (χ3n) is 4.17. The van der Waals surface area contributed by atoms with E-state index in [0.29, 0.717) is 5.92 Å². The van der Waals surface area contributed by atoms with E-state index in [4.69, 9.17) is 4.74 Å². The Morgan fingerprint density at radius 2 is 1.91 bits per heavy atom. The molecule has 0 unspecified atom stereocenters. The van der Waals surface area contributed by atoms with Crippen molar-refractivity contribution >= 4 is 11.6 Å². The van der Waals surface area contributed by atoms with Crippen LogP contribution in [-0.2, 0) is 0 Å². The Labute approximate surface area is 137 Å². The zero-order valence-electron chi connectivity index (χ0n) is 13.7. The highest BCUT2D eigenvalue weighted by molar-refractivity contribution is 5.49. The summed E-state index contributed by atoms with van der Waals surface area (Å²) in [5, 5.41) is 0. The van der Waals surface area contributed by atoms with E-state index >= 15 is 0 Å². The highest BCUT2D eigenvalue weighted by atomic mass is 16.5. The van der Waals surface area contributed by atoms with Crippen molar-refractivity contribution in [3.05, 3.63) is 36.9 Å². The van der Waals surface area contributed by atoms with Gasteiger partial charge in [0.15, 0.2) is 0 Å². The molecule has 1 saturated heterocycles. The minimum Gasteiger partial charge on any atom is -0.493 e. The molecular formula is C17H23N5O. The average molecular weight is 313 g/mol. The molecule has 0 radical (unpaired) electrons. The molecule has 3 heterocycles. The van der Waals surface area contributed by atoms with Crippen LogP contribution in [0.4, 0.5) is 11.6 Å². The van der Waals surface area contributed by atoms with E-state index in [0.717, 1.165) is 49.9 Å². The van der Waals surface area contributed by atoms with Crippen LogP contribution in [0.2, 0.25) is 0 Å². The minimum absolute atomic E-state index is 0.592. The summed E-state index contributed by atoms with van der Waals surface area (Å²) in [6.45, 7) is 2.78. The molecule has 6 heteroatoms. The number of hydrogen-bond donors (Lipinski definition) is 0. The smallest absolute Gasteiger partial charge is 0.134 e. The lowest BCUT2D eigenvalue weighted by atomic mass is 9.98. The first-order valence-corrected chi connectivity index (χ1v) is 7.99. The molecule has 0 N–H and O–H groups in total. The fraction of sp³-hybridized carbons (Fsp3) is 0.471. The molecule has 1 aliphatic heterocycles. The Balaban J connectivity index is 1.51. The van der Waals surface area contributed by atoms with Crippen molar-refractivity contribution in [2.24, 2.45) is 5.92 Å². The van der Waals surface area contributed by atoms with E-state index < -0.39 is 0 Å². The fourth-order valence-corrected chi connectivity index (χ4v) is 2.73. The van der Waals surface area contributed by atoms with Gasteiger partial charge in [0.2, 0.25) is 0 Å². The van der Waals surface area contributed by atoms with Crippen molar-refractivity contribution in [2.75, 3.05) is 43.6 Å². The van der Waals surface area contributed by atoms with Crippen molar-refractivity contribution in [1.29, 1.82) is 0 Å². The van der Waals surface area contributed by atoms with Crippen LogP contribution in [0.5, 0.6) is 5.75 Å². The molecule has 0 bridgehead atoms. The van der Waals surface area contributed by atoms with Gasteiger partial charge in [-0.15, -0.1) is 0 Å². The normalized spacial score (nSPS) is 15.5. The Hall–Kier alpha value is -2.37. The van der Waals surface area contributed by atoms with Gasteiger partial charge in [0.05, 0.1) is 6.61 Å². The van der Waals surface area contributed by atoms with E-state index in [1.165, 1.54) is 0 Å². The number of aromatic nitrogens is 3. The highest BCUT2D eigenvalue weighted by Crippen LogP contribution is 2.24. The van der Waals surface area contributed by atoms with Crippen LogP contribution in [-0.4, -0.2) is 48.7 Å². The second kappa shape index (κ2) is 7.26. The molecule has 0 saturated carbocycles. The van der Waals surface area contributed by atoms with Gasteiger partial charge >= 0.3 is 0 Å². The van der Waals surface area contributed by atoms with Crippen molar-refractivity contribution < 1.29 is 4.74 Å². The van der Waals surface area contributed by atoms with Gasteiger partial charge < -0.3 is 14.5 Å². The molecule has 23 heavy (non-hydrogen) atoms. The van der Waals surface area contributed by atoms with E-state index in [9.17, 15) is 0 Å². The summed E-state index contributed by atoms with van der Waals surface area (Å²) >= 11 is 0. The number of rotatable bonds is 5. The minimum atomic E-state index is 0.592. The van der Waals surface area contributed by atoms with Crippen LogP contribution < -0.4 is 14.5 Å². The molecule has 1 aliphatic rings. The van der Waals surface area contributed by atoms with Crippen LogP contribution in [0.15, 0.2) is 36.9 Å². The molecule has 122 valence electrons. The summed E-state index contributed by atoms with van der Waals surface area (Å²) in [5.41, 5.74) is 0. The zero-order chi connectivity index (χ0) is 16.1. The predicted octanol–water partition coefficient (Wildman–Crippen LogP) is 2.23. The maximum absolute atomic E-state index is 5.85. The van der Waals surface area contributed by atoms with Crippen LogP contribution in [0.25, 0.3) is 0 Å². The van der Waals surface area contributed by atoms with E-state index in [2.05, 4.69) is 19.9 Å². The van der Waals surface area contributed by atoms with Crippen LogP contribution in [0.1, 0.15) is 12.8 Å². The Morgan fingerprint density at radius 1 is 1.17 bits per heavy atom. The number of pyridine rings is 1. The molecule has 3 rings (SSSR count). The monoisotopic (exact) mass is 313 g/mol. The summed E-state index contributed by atoms with van der Waals surface area (Å²) in [5.74, 6) is 3.44. The lowest BCUT2D eigenvalue weighted by molar-refractivity contribution is 0.222. The summed E-state index contributed by atoms with van der Waals surface area (Å²) in [4.78, 5) is 17.0. The predicted molar refractivity (Wildman–Crippen MR) is 91.0 cm³/mol. The van der Waals surface area contributed by atoms with E-state index in [1.54, 1.807) is 18.7 Å². The number of hydrogen-bond acceptors (Lipinski definition) is 6. The third-order valence-corrected chi connectivity index (χ3v) is 4.17. The first kappa shape index (κ1) is 15.5. The molecule has 0 aliphatic carbocycles. The molecule has 6 nitrogen and oxygen atoms in total. The molecule has 0 amide bonds. The summed E-state index contributed by atoms with van der Waals surface area (Å²) < 4.78 is 5.85. The highest BCUT2D eigenvalue weighted by Gasteiger charge is 2.21. The standard InChI is InChI=1S/C17H23N5O/c1-21(2)16-11-17(20-13-19-16)22-9-5-14(6-10-22)12-23-15-3-7-18-8-4-15/h3-4,7-8,11,13-14H,5-6,9-10,12H2,1-2H3. The maximum Gasteiger partial charge on any atom is 0.134 e. The van der Waals surface area contributed by atoms with Gasteiger partial charge in [0, 0.05) is 45.6 Å². The second-order valence-corrected chi connectivity index (χ2v) is 6.05. The van der Waals surface area contributed by atoms with Crippen molar-refractivity contribution in [3.63, 3.8) is 0 Å². The molecule has 1 fully saturated rings.